The van der Waals surface area contributed by atoms with Crippen molar-refractivity contribution in [2.24, 2.45) is 0 Å². The Kier molecular flexibility index (Phi) is 3.21. The van der Waals surface area contributed by atoms with Crippen LogP contribution in [0.25, 0.3) is 82.4 Å². The summed E-state index contributed by atoms with van der Waals surface area (Å²) < 4.78 is 11.6. The van der Waals surface area contributed by atoms with E-state index in [1.807, 2.05) is 0 Å². The average Bonchev–Trinajstić information content (AvgIpc) is 3.66. The zero-order chi connectivity index (χ0) is 25.7. The van der Waals surface area contributed by atoms with Gasteiger partial charge in [-0.15, -0.1) is 0 Å². The minimum Gasteiger partial charge on any atom is -0.456 e. The van der Waals surface area contributed by atoms with Crippen LogP contribution < -0.4 is 10.9 Å². The van der Waals surface area contributed by atoms with Gasteiger partial charge < -0.3 is 13.5 Å². The highest BCUT2D eigenvalue weighted by Gasteiger charge is 2.41. The molecule has 0 amide bonds. The van der Waals surface area contributed by atoms with Gasteiger partial charge in [-0.25, -0.2) is 0 Å². The molecular formula is C36H19BN2O. The molecule has 4 heteroatoms. The second kappa shape index (κ2) is 6.49. The van der Waals surface area contributed by atoms with Crippen LogP contribution in [0.15, 0.2) is 120 Å². The van der Waals surface area contributed by atoms with Gasteiger partial charge in [-0.3, -0.25) is 0 Å². The van der Waals surface area contributed by atoms with Gasteiger partial charge in [0.1, 0.15) is 11.2 Å². The highest BCUT2D eigenvalue weighted by molar-refractivity contribution is 6.90. The van der Waals surface area contributed by atoms with E-state index in [4.69, 9.17) is 4.42 Å². The first-order chi connectivity index (χ1) is 19.9. The molecule has 0 N–H and O–H groups in total. The van der Waals surface area contributed by atoms with Gasteiger partial charge in [-0.1, -0.05) is 91.0 Å². The Hall–Kier alpha value is -5.22. The minimum absolute atomic E-state index is 0.0564. The Bertz CT molecular complexity index is 2610. The topological polar surface area (TPSA) is 23.0 Å². The first kappa shape index (κ1) is 19.8. The van der Waals surface area contributed by atoms with Crippen LogP contribution in [-0.4, -0.2) is 15.9 Å². The van der Waals surface area contributed by atoms with Gasteiger partial charge in [0.25, 0.3) is 0 Å². The molecule has 0 aliphatic carbocycles. The molecule has 3 aromatic heterocycles. The lowest BCUT2D eigenvalue weighted by molar-refractivity contribution is 0.669. The molecule has 9 aromatic rings. The molecule has 2 aliphatic heterocycles. The highest BCUT2D eigenvalue weighted by Crippen LogP contribution is 2.44. The minimum atomic E-state index is 0.0564. The van der Waals surface area contributed by atoms with E-state index in [1.54, 1.807) is 0 Å². The van der Waals surface area contributed by atoms with Crippen LogP contribution >= 0.6 is 0 Å². The Morgan fingerprint density at radius 2 is 1.23 bits per heavy atom. The van der Waals surface area contributed by atoms with Gasteiger partial charge in [0, 0.05) is 60.7 Å². The Labute approximate surface area is 228 Å². The number of aromatic nitrogens is 2. The van der Waals surface area contributed by atoms with Crippen molar-refractivity contribution in [1.29, 1.82) is 0 Å². The molecule has 6 aromatic carbocycles. The van der Waals surface area contributed by atoms with Crippen LogP contribution in [0.5, 0.6) is 0 Å². The molecule has 40 heavy (non-hydrogen) atoms. The SMILES string of the molecule is c1ccc2c(c1)oc1cc3c(cc12)B1c2c(ccc4c5ccccc5n-3c24)-c2cccc3c4ccccc4n1c23. The molecule has 3 nitrogen and oxygen atoms in total. The lowest BCUT2D eigenvalue weighted by atomic mass is 9.45. The Morgan fingerprint density at radius 3 is 2.12 bits per heavy atom. The fourth-order valence-corrected chi connectivity index (χ4v) is 8.00. The Morgan fingerprint density at radius 1 is 0.500 bits per heavy atom. The maximum atomic E-state index is 6.45. The van der Waals surface area contributed by atoms with E-state index < -0.39 is 0 Å². The summed E-state index contributed by atoms with van der Waals surface area (Å²) in [6, 6.07) is 42.4. The lowest BCUT2D eigenvalue weighted by Crippen LogP contribution is -2.55. The van der Waals surface area contributed by atoms with Crippen molar-refractivity contribution in [3.05, 3.63) is 115 Å². The summed E-state index contributed by atoms with van der Waals surface area (Å²) in [7, 11) is 0. The van der Waals surface area contributed by atoms with Gasteiger partial charge in [-0.2, -0.15) is 0 Å². The standard InChI is InChI=1S/C36H19BN2O/c1-4-13-29-20(8-1)26-17-16-23-25-12-7-11-24-21-9-2-5-14-30(21)39(35(24)25)37-28-18-27-22-10-3-6-15-32(22)40-33(27)19-31(28)38(29)36(26)34(23)37/h1-19H. The first-order valence-corrected chi connectivity index (χ1v) is 13.9. The predicted octanol–water partition coefficient (Wildman–Crippen LogP) is 7.74. The van der Waals surface area contributed by atoms with Crippen LogP contribution in [0.1, 0.15) is 0 Å². The fourth-order valence-electron chi connectivity index (χ4n) is 8.00. The Balaban J connectivity index is 1.44. The number of hydrogen-bond acceptors (Lipinski definition) is 1. The maximum Gasteiger partial charge on any atom is 0.333 e. The van der Waals surface area contributed by atoms with E-state index in [9.17, 15) is 0 Å². The van der Waals surface area contributed by atoms with Gasteiger partial charge in [0.15, 0.2) is 0 Å². The lowest BCUT2D eigenvalue weighted by Gasteiger charge is -2.33. The molecule has 0 saturated heterocycles. The maximum absolute atomic E-state index is 6.45. The second-order valence-corrected chi connectivity index (χ2v) is 11.3. The van der Waals surface area contributed by atoms with Crippen molar-refractivity contribution in [2.45, 2.75) is 0 Å². The molecular weight excluding hydrogens is 487 g/mol. The summed E-state index contributed by atoms with van der Waals surface area (Å²) in [6.07, 6.45) is 0. The fraction of sp³-hybridized carbons (Fsp3) is 0. The third-order valence-electron chi connectivity index (χ3n) is 9.49. The summed E-state index contributed by atoms with van der Waals surface area (Å²) in [5.41, 5.74) is 13.6. The van der Waals surface area contributed by atoms with Gasteiger partial charge in [0.2, 0.25) is 0 Å². The van der Waals surface area contributed by atoms with Crippen molar-refractivity contribution < 1.29 is 4.42 Å². The van der Waals surface area contributed by atoms with Crippen LogP contribution in [0.2, 0.25) is 0 Å². The molecule has 5 heterocycles. The van der Waals surface area contributed by atoms with Crippen molar-refractivity contribution >= 4 is 83.3 Å². The number of rotatable bonds is 0. The van der Waals surface area contributed by atoms with Crippen LogP contribution in [0, 0.1) is 0 Å². The van der Waals surface area contributed by atoms with Gasteiger partial charge in [-0.05, 0) is 34.7 Å². The van der Waals surface area contributed by atoms with Crippen molar-refractivity contribution in [2.75, 3.05) is 0 Å². The van der Waals surface area contributed by atoms with Crippen LogP contribution in [0.4, 0.5) is 0 Å². The molecule has 0 saturated carbocycles. The highest BCUT2D eigenvalue weighted by atomic mass is 16.3. The molecule has 182 valence electrons. The van der Waals surface area contributed by atoms with Crippen molar-refractivity contribution in [1.82, 2.24) is 9.05 Å². The second-order valence-electron chi connectivity index (χ2n) is 11.3. The molecule has 0 radical (unpaired) electrons. The molecule has 0 fully saturated rings. The van der Waals surface area contributed by atoms with Crippen molar-refractivity contribution in [3.63, 3.8) is 0 Å². The zero-order valence-corrected chi connectivity index (χ0v) is 21.3. The van der Waals surface area contributed by atoms with E-state index >= 15 is 0 Å². The normalized spacial score (nSPS) is 13.4. The number of fused-ring (bicyclic) bond motifs is 14. The molecule has 0 atom stereocenters. The van der Waals surface area contributed by atoms with E-state index in [-0.39, 0.29) is 6.85 Å². The summed E-state index contributed by atoms with van der Waals surface area (Å²) in [4.78, 5) is 0. The number of furan rings is 1. The molecule has 0 spiro atoms. The van der Waals surface area contributed by atoms with E-state index in [0.29, 0.717) is 0 Å². The van der Waals surface area contributed by atoms with E-state index in [0.717, 1.165) is 11.2 Å². The van der Waals surface area contributed by atoms with E-state index in [1.165, 1.54) is 82.1 Å². The van der Waals surface area contributed by atoms with Gasteiger partial charge >= 0.3 is 6.85 Å². The predicted molar refractivity (Wildman–Crippen MR) is 167 cm³/mol. The third-order valence-corrected chi connectivity index (χ3v) is 9.49. The summed E-state index contributed by atoms with van der Waals surface area (Å²) in [5, 5.41) is 7.57. The van der Waals surface area contributed by atoms with E-state index in [2.05, 4.69) is 124 Å². The third kappa shape index (κ3) is 2.06. The average molecular weight is 506 g/mol. The summed E-state index contributed by atoms with van der Waals surface area (Å²) >= 11 is 0. The smallest absolute Gasteiger partial charge is 0.333 e. The number of nitrogens with zero attached hydrogens (tertiary/aromatic N) is 2. The molecule has 0 bridgehead atoms. The molecule has 0 unspecified atom stereocenters. The van der Waals surface area contributed by atoms with Crippen LogP contribution in [-0.2, 0) is 0 Å². The first-order valence-electron chi connectivity index (χ1n) is 13.9. The van der Waals surface area contributed by atoms with Crippen molar-refractivity contribution in [3.8, 4) is 16.8 Å². The van der Waals surface area contributed by atoms with Crippen LogP contribution in [0.3, 0.4) is 0 Å². The summed E-state index contributed by atoms with van der Waals surface area (Å²) in [5.74, 6) is 0. The quantitative estimate of drug-likeness (QED) is 0.193. The number of benzene rings is 6. The monoisotopic (exact) mass is 506 g/mol. The van der Waals surface area contributed by atoms with Gasteiger partial charge in [0.05, 0.1) is 11.0 Å². The summed E-state index contributed by atoms with van der Waals surface area (Å²) in [6.45, 7) is 0.0564. The number of hydrogen-bond donors (Lipinski definition) is 0. The number of para-hydroxylation sites is 4. The molecule has 11 rings (SSSR count). The zero-order valence-electron chi connectivity index (χ0n) is 21.3. The molecule has 2 aliphatic rings. The largest absolute Gasteiger partial charge is 0.456 e.